The van der Waals surface area contributed by atoms with Crippen LogP contribution < -0.4 is 25.8 Å². The summed E-state index contributed by atoms with van der Waals surface area (Å²) >= 11 is 0. The van der Waals surface area contributed by atoms with E-state index in [0.29, 0.717) is 52.1 Å². The highest BCUT2D eigenvalue weighted by Gasteiger charge is 2.72. The van der Waals surface area contributed by atoms with Gasteiger partial charge in [0.05, 0.1) is 29.4 Å². The molecule has 0 radical (unpaired) electrons. The lowest BCUT2D eigenvalue weighted by Gasteiger charge is -2.23. The Labute approximate surface area is 266 Å². The van der Waals surface area contributed by atoms with Crippen LogP contribution in [-0.2, 0) is 6.18 Å². The van der Waals surface area contributed by atoms with Crippen LogP contribution in [0.5, 0.6) is 11.9 Å². The Kier molecular flexibility index (Phi) is 7.61. The first kappa shape index (κ1) is 31.9. The molecular weight excluding hydrogens is 630 g/mol. The Morgan fingerprint density at radius 3 is 2.55 bits per heavy atom. The third-order valence-corrected chi connectivity index (χ3v) is 9.79. The SMILES string of the molecule is Cc1nc(N)cc(-c2nc3c4c(nc(OCC5(CN6CCC7(C6)CC7(F)F)CC5)nc4c2F)NCCNCCC(C)O3)c1C(F)(F)F. The van der Waals surface area contributed by atoms with Gasteiger partial charge in [-0.3, -0.25) is 0 Å². The number of rotatable bonds is 6. The normalized spacial score (nSPS) is 25.2. The minimum atomic E-state index is -4.89. The molecule has 10 nitrogen and oxygen atoms in total. The number of nitrogens with zero attached hydrogens (tertiary/aromatic N) is 5. The molecule has 3 aromatic heterocycles. The lowest BCUT2D eigenvalue weighted by molar-refractivity contribution is -0.137. The first-order chi connectivity index (χ1) is 22.2. The van der Waals surface area contributed by atoms with E-state index in [1.807, 2.05) is 0 Å². The van der Waals surface area contributed by atoms with Crippen LogP contribution in [0.2, 0.25) is 0 Å². The van der Waals surface area contributed by atoms with E-state index in [1.54, 1.807) is 6.92 Å². The molecule has 47 heavy (non-hydrogen) atoms. The lowest BCUT2D eigenvalue weighted by atomic mass is 10.0. The number of aryl methyl sites for hydroxylation is 1. The van der Waals surface area contributed by atoms with Gasteiger partial charge in [-0.15, -0.1) is 0 Å². The summed E-state index contributed by atoms with van der Waals surface area (Å²) in [6, 6.07) is 0.754. The number of pyridine rings is 2. The summed E-state index contributed by atoms with van der Waals surface area (Å²) in [6.07, 6.45) is -2.76. The molecule has 2 atom stereocenters. The summed E-state index contributed by atoms with van der Waals surface area (Å²) in [5.74, 6) is -3.96. The number of anilines is 2. The van der Waals surface area contributed by atoms with Crippen molar-refractivity contribution in [3.63, 3.8) is 0 Å². The van der Waals surface area contributed by atoms with Gasteiger partial charge in [-0.1, -0.05) is 0 Å². The van der Waals surface area contributed by atoms with Gasteiger partial charge in [0.15, 0.2) is 5.82 Å². The number of aromatic nitrogens is 4. The minimum Gasteiger partial charge on any atom is -0.474 e. The summed E-state index contributed by atoms with van der Waals surface area (Å²) in [4.78, 5) is 19.0. The van der Waals surface area contributed by atoms with E-state index in [-0.39, 0.29) is 52.9 Å². The monoisotopic (exact) mass is 666 g/mol. The largest absolute Gasteiger partial charge is 0.474 e. The molecular formula is C31H36F6N8O2. The van der Waals surface area contributed by atoms with Crippen molar-refractivity contribution in [1.82, 2.24) is 30.2 Å². The molecule has 2 aliphatic carbocycles. The maximum Gasteiger partial charge on any atom is 0.418 e. The number of alkyl halides is 5. The fourth-order valence-corrected chi connectivity index (χ4v) is 6.90. The summed E-state index contributed by atoms with van der Waals surface area (Å²) in [5, 5.41) is 6.48. The summed E-state index contributed by atoms with van der Waals surface area (Å²) in [7, 11) is 0. The minimum absolute atomic E-state index is 0.0634. The maximum absolute atomic E-state index is 16.6. The van der Waals surface area contributed by atoms with Gasteiger partial charge in [-0.05, 0) is 58.7 Å². The predicted octanol–water partition coefficient (Wildman–Crippen LogP) is 5.20. The Morgan fingerprint density at radius 2 is 1.87 bits per heavy atom. The molecule has 254 valence electrons. The Morgan fingerprint density at radius 1 is 1.11 bits per heavy atom. The molecule has 4 N–H and O–H groups in total. The first-order valence-corrected chi connectivity index (χ1v) is 15.8. The van der Waals surface area contributed by atoms with Crippen molar-refractivity contribution >= 4 is 22.5 Å². The second kappa shape index (κ2) is 11.2. The van der Waals surface area contributed by atoms with E-state index >= 15 is 4.39 Å². The third kappa shape index (κ3) is 5.98. The quantitative estimate of drug-likeness (QED) is 0.303. The molecule has 3 aromatic rings. The van der Waals surface area contributed by atoms with Gasteiger partial charge in [0.25, 0.3) is 5.92 Å². The van der Waals surface area contributed by atoms with Crippen LogP contribution in [0.4, 0.5) is 38.0 Å². The van der Waals surface area contributed by atoms with Crippen LogP contribution in [0.15, 0.2) is 6.07 Å². The maximum atomic E-state index is 16.6. The second-order valence-corrected chi connectivity index (χ2v) is 13.5. The van der Waals surface area contributed by atoms with Crippen molar-refractivity contribution < 1.29 is 35.8 Å². The Balaban J connectivity index is 1.28. The number of nitrogens with one attached hydrogen (secondary N) is 2. The highest BCUT2D eigenvalue weighted by atomic mass is 19.4. The average molecular weight is 667 g/mol. The van der Waals surface area contributed by atoms with E-state index in [2.05, 4.69) is 35.5 Å². The molecule has 0 bridgehead atoms. The van der Waals surface area contributed by atoms with Crippen molar-refractivity contribution in [2.24, 2.45) is 10.8 Å². The molecule has 7 rings (SSSR count). The topological polar surface area (TPSA) is 123 Å². The molecule has 5 heterocycles. The van der Waals surface area contributed by atoms with E-state index in [1.165, 1.54) is 0 Å². The number of ether oxygens (including phenoxy) is 2. The van der Waals surface area contributed by atoms with Crippen LogP contribution in [0.25, 0.3) is 22.2 Å². The van der Waals surface area contributed by atoms with Crippen LogP contribution >= 0.6 is 0 Å². The highest BCUT2D eigenvalue weighted by molar-refractivity contribution is 5.96. The van der Waals surface area contributed by atoms with Crippen molar-refractivity contribution in [2.75, 3.05) is 56.9 Å². The Bertz CT molecular complexity index is 1720. The van der Waals surface area contributed by atoms with Gasteiger partial charge in [0, 0.05) is 43.6 Å². The zero-order valence-corrected chi connectivity index (χ0v) is 26.0. The number of hydrogen-bond donors (Lipinski definition) is 3. The lowest BCUT2D eigenvalue weighted by Crippen LogP contribution is -2.32. The highest BCUT2D eigenvalue weighted by Crippen LogP contribution is 2.65. The summed E-state index contributed by atoms with van der Waals surface area (Å²) in [6.45, 7) is 6.11. The van der Waals surface area contributed by atoms with Crippen molar-refractivity contribution in [3.05, 3.63) is 23.1 Å². The summed E-state index contributed by atoms with van der Waals surface area (Å²) < 4.78 is 99.6. The van der Waals surface area contributed by atoms with Crippen molar-refractivity contribution in [1.29, 1.82) is 0 Å². The smallest absolute Gasteiger partial charge is 0.418 e. The van der Waals surface area contributed by atoms with Crippen LogP contribution in [0.1, 0.15) is 50.3 Å². The molecule has 3 fully saturated rings. The molecule has 1 spiro atoms. The second-order valence-electron chi connectivity index (χ2n) is 13.5. The third-order valence-electron chi connectivity index (χ3n) is 9.79. The molecule has 2 saturated carbocycles. The number of nitrogen functional groups attached to an aromatic ring is 1. The van der Waals surface area contributed by atoms with Gasteiger partial charge in [0.1, 0.15) is 28.2 Å². The number of likely N-dealkylation sites (tertiary alicyclic amines) is 1. The van der Waals surface area contributed by atoms with E-state index in [0.717, 1.165) is 25.8 Å². The molecule has 16 heteroatoms. The number of halogens is 6. The van der Waals surface area contributed by atoms with E-state index in [9.17, 15) is 22.0 Å². The van der Waals surface area contributed by atoms with Gasteiger partial charge in [-0.25, -0.2) is 23.1 Å². The fourth-order valence-electron chi connectivity index (χ4n) is 6.90. The molecule has 1 saturated heterocycles. The van der Waals surface area contributed by atoms with Gasteiger partial charge in [-0.2, -0.15) is 23.1 Å². The standard InChI is InChI=1S/C31H36F6N8O2/c1-16-3-7-39-8-9-40-25-20-24(22(32)23(42-26(20)47-16)18-11-19(38)41-17(2)21(18)31(35,36)37)43-27(44-25)46-15-28(4-5-28)13-45-10-6-29(14-45)12-30(29,33)34/h11,16,39H,3-10,12-15H2,1-2H3,(H2,38,41)(H,40,43,44). The first-order valence-electron chi connectivity index (χ1n) is 15.8. The predicted molar refractivity (Wildman–Crippen MR) is 161 cm³/mol. The number of nitrogens with two attached hydrogens (primary N) is 1. The zero-order chi connectivity index (χ0) is 33.4. The van der Waals surface area contributed by atoms with Gasteiger partial charge < -0.3 is 30.7 Å². The molecule has 4 aliphatic rings. The van der Waals surface area contributed by atoms with Crippen molar-refractivity contribution in [2.45, 2.75) is 64.2 Å². The average Bonchev–Trinajstić information content (AvgIpc) is 3.80. The van der Waals surface area contributed by atoms with Gasteiger partial charge in [0.2, 0.25) is 5.88 Å². The van der Waals surface area contributed by atoms with Crippen LogP contribution in [0, 0.1) is 23.6 Å². The molecule has 0 amide bonds. The fraction of sp³-hybridized carbons (Fsp3) is 0.613. The number of hydrogen-bond acceptors (Lipinski definition) is 10. The zero-order valence-electron chi connectivity index (χ0n) is 26.0. The Hall–Kier alpha value is -3.66. The van der Waals surface area contributed by atoms with E-state index < -0.39 is 51.9 Å². The van der Waals surface area contributed by atoms with Crippen molar-refractivity contribution in [3.8, 4) is 23.1 Å². The van der Waals surface area contributed by atoms with Crippen LogP contribution in [0.3, 0.4) is 0 Å². The van der Waals surface area contributed by atoms with Gasteiger partial charge >= 0.3 is 12.2 Å². The molecule has 2 unspecified atom stereocenters. The molecule has 0 aromatic carbocycles. The van der Waals surface area contributed by atoms with E-state index in [4.69, 9.17) is 15.2 Å². The summed E-state index contributed by atoms with van der Waals surface area (Å²) in [5.41, 5.74) is 1.46. The van der Waals surface area contributed by atoms with Crippen LogP contribution in [-0.4, -0.2) is 82.7 Å². The molecule has 2 aliphatic heterocycles.